The number of aryl methyl sites for hydroxylation is 1. The highest BCUT2D eigenvalue weighted by Gasteiger charge is 2.19. The number of rotatable bonds is 5. The predicted octanol–water partition coefficient (Wildman–Crippen LogP) is 1.33. The number of hydrogen-bond acceptors (Lipinski definition) is 8. The summed E-state index contributed by atoms with van der Waals surface area (Å²) in [6.45, 7) is 5.27. The van der Waals surface area contributed by atoms with Crippen molar-refractivity contribution in [3.8, 4) is 0 Å². The summed E-state index contributed by atoms with van der Waals surface area (Å²) in [7, 11) is 0. The van der Waals surface area contributed by atoms with Gasteiger partial charge in [0.25, 0.3) is 17.5 Å². The van der Waals surface area contributed by atoms with Crippen molar-refractivity contribution in [2.75, 3.05) is 37.6 Å². The molecule has 0 atom stereocenters. The Morgan fingerprint density at radius 2 is 2.07 bits per heavy atom. The van der Waals surface area contributed by atoms with Gasteiger partial charge in [0.05, 0.1) is 17.2 Å². The van der Waals surface area contributed by atoms with Crippen LogP contribution < -0.4 is 15.8 Å². The molecule has 0 aliphatic carbocycles. The third-order valence-electron chi connectivity index (χ3n) is 4.47. The van der Waals surface area contributed by atoms with Crippen LogP contribution in [0.5, 0.6) is 0 Å². The SMILES string of the molecule is Cc1csc(N2CCCN(CC(=O)NNC(=O)c3cccc([N+](=O)[O-])c3)CC2)n1. The number of hydrazine groups is 1. The van der Waals surface area contributed by atoms with Gasteiger partial charge in [0, 0.05) is 49.3 Å². The Balaban J connectivity index is 1.46. The van der Waals surface area contributed by atoms with Crippen LogP contribution in [0.4, 0.5) is 10.8 Å². The third kappa shape index (κ3) is 5.72. The maximum absolute atomic E-state index is 12.2. The quantitative estimate of drug-likeness (QED) is 0.555. The number of nitro groups is 1. The molecule has 11 heteroatoms. The van der Waals surface area contributed by atoms with Gasteiger partial charge < -0.3 is 4.90 Å². The fraction of sp³-hybridized carbons (Fsp3) is 0.389. The van der Waals surface area contributed by atoms with Gasteiger partial charge in [-0.25, -0.2) is 4.98 Å². The molecule has 3 rings (SSSR count). The lowest BCUT2D eigenvalue weighted by Crippen LogP contribution is -2.47. The molecule has 2 N–H and O–H groups in total. The van der Waals surface area contributed by atoms with E-state index < -0.39 is 10.8 Å². The van der Waals surface area contributed by atoms with E-state index in [4.69, 9.17) is 0 Å². The zero-order valence-corrected chi connectivity index (χ0v) is 16.8. The molecule has 0 saturated carbocycles. The average Bonchev–Trinajstić information content (AvgIpc) is 3.01. The van der Waals surface area contributed by atoms with E-state index in [1.807, 2.05) is 17.2 Å². The number of nitro benzene ring substituents is 1. The third-order valence-corrected chi connectivity index (χ3v) is 5.49. The number of anilines is 1. The number of carbonyl (C=O) groups is 2. The van der Waals surface area contributed by atoms with Gasteiger partial charge in [-0.3, -0.25) is 35.5 Å². The number of carbonyl (C=O) groups excluding carboxylic acids is 2. The summed E-state index contributed by atoms with van der Waals surface area (Å²) in [6.07, 6.45) is 0.909. The van der Waals surface area contributed by atoms with E-state index in [1.54, 1.807) is 11.3 Å². The molecule has 2 amide bonds. The van der Waals surface area contributed by atoms with Gasteiger partial charge in [-0.2, -0.15) is 0 Å². The van der Waals surface area contributed by atoms with Gasteiger partial charge in [-0.15, -0.1) is 11.3 Å². The summed E-state index contributed by atoms with van der Waals surface area (Å²) in [5.41, 5.74) is 5.59. The lowest BCUT2D eigenvalue weighted by molar-refractivity contribution is -0.384. The van der Waals surface area contributed by atoms with Gasteiger partial charge >= 0.3 is 0 Å². The molecule has 1 aliphatic rings. The first kappa shape index (κ1) is 20.7. The summed E-state index contributed by atoms with van der Waals surface area (Å²) in [4.78, 5) is 43.3. The lowest BCUT2D eigenvalue weighted by Gasteiger charge is -2.21. The summed E-state index contributed by atoms with van der Waals surface area (Å²) < 4.78 is 0. The molecule has 1 aromatic heterocycles. The van der Waals surface area contributed by atoms with E-state index >= 15 is 0 Å². The van der Waals surface area contributed by atoms with Crippen molar-refractivity contribution in [1.82, 2.24) is 20.7 Å². The monoisotopic (exact) mass is 418 g/mol. The van der Waals surface area contributed by atoms with Gasteiger partial charge in [-0.05, 0) is 19.4 Å². The minimum Gasteiger partial charge on any atom is -0.347 e. The molecule has 2 heterocycles. The number of aromatic nitrogens is 1. The van der Waals surface area contributed by atoms with Crippen molar-refractivity contribution in [1.29, 1.82) is 0 Å². The van der Waals surface area contributed by atoms with Crippen molar-refractivity contribution >= 4 is 34.0 Å². The molecular weight excluding hydrogens is 396 g/mol. The second-order valence-corrected chi connectivity index (χ2v) is 7.53. The zero-order valence-electron chi connectivity index (χ0n) is 16.0. The molecule has 10 nitrogen and oxygen atoms in total. The topological polar surface area (TPSA) is 121 Å². The van der Waals surface area contributed by atoms with Gasteiger partial charge in [-0.1, -0.05) is 6.07 Å². The van der Waals surface area contributed by atoms with Crippen LogP contribution in [-0.4, -0.2) is 59.3 Å². The standard InChI is InChI=1S/C18H22N6O4S/c1-13-12-29-18(19-13)23-7-3-6-22(8-9-23)11-16(25)20-21-17(26)14-4-2-5-15(10-14)24(27)28/h2,4-5,10,12H,3,6-9,11H2,1H3,(H,20,25)(H,21,26). The Kier molecular flexibility index (Phi) is 6.73. The number of benzene rings is 1. The summed E-state index contributed by atoms with van der Waals surface area (Å²) in [5, 5.41) is 13.8. The molecule has 0 radical (unpaired) electrons. The Labute approximate surface area is 171 Å². The van der Waals surface area contributed by atoms with Crippen molar-refractivity contribution in [3.05, 3.63) is 51.0 Å². The van der Waals surface area contributed by atoms with Gasteiger partial charge in [0.2, 0.25) is 0 Å². The molecule has 0 bridgehead atoms. The number of nitrogens with zero attached hydrogens (tertiary/aromatic N) is 4. The second kappa shape index (κ2) is 9.43. The number of thiazole rings is 1. The second-order valence-electron chi connectivity index (χ2n) is 6.70. The molecule has 1 aromatic carbocycles. The normalized spacial score (nSPS) is 14.9. The first-order valence-corrected chi connectivity index (χ1v) is 10.0. The van der Waals surface area contributed by atoms with Crippen molar-refractivity contribution in [2.45, 2.75) is 13.3 Å². The van der Waals surface area contributed by atoms with Crippen molar-refractivity contribution in [2.24, 2.45) is 0 Å². The molecular formula is C18H22N6O4S. The maximum atomic E-state index is 12.2. The van der Waals surface area contributed by atoms with E-state index in [9.17, 15) is 19.7 Å². The van der Waals surface area contributed by atoms with Gasteiger partial charge in [0.15, 0.2) is 5.13 Å². The first-order chi connectivity index (χ1) is 13.9. The molecule has 154 valence electrons. The lowest BCUT2D eigenvalue weighted by atomic mass is 10.2. The van der Waals surface area contributed by atoms with Crippen LogP contribution in [0, 0.1) is 17.0 Å². The van der Waals surface area contributed by atoms with E-state index in [1.165, 1.54) is 18.2 Å². The highest BCUT2D eigenvalue weighted by atomic mass is 32.1. The Hall–Kier alpha value is -3.05. The molecule has 0 spiro atoms. The predicted molar refractivity (Wildman–Crippen MR) is 109 cm³/mol. The molecule has 1 fully saturated rings. The van der Waals surface area contributed by atoms with Crippen molar-refractivity contribution in [3.63, 3.8) is 0 Å². The average molecular weight is 418 g/mol. The van der Waals surface area contributed by atoms with E-state index in [-0.39, 0.29) is 23.7 Å². The van der Waals surface area contributed by atoms with Gasteiger partial charge in [0.1, 0.15) is 0 Å². The molecule has 1 saturated heterocycles. The zero-order chi connectivity index (χ0) is 20.8. The Morgan fingerprint density at radius 3 is 2.79 bits per heavy atom. The van der Waals surface area contributed by atoms with Crippen LogP contribution in [0.1, 0.15) is 22.5 Å². The number of nitrogens with one attached hydrogen (secondary N) is 2. The van der Waals surface area contributed by atoms with E-state index in [0.29, 0.717) is 6.54 Å². The van der Waals surface area contributed by atoms with Crippen LogP contribution in [0.2, 0.25) is 0 Å². The Morgan fingerprint density at radius 1 is 1.24 bits per heavy atom. The largest absolute Gasteiger partial charge is 0.347 e. The maximum Gasteiger partial charge on any atom is 0.270 e. The summed E-state index contributed by atoms with van der Waals surface area (Å²) >= 11 is 1.62. The Bertz CT molecular complexity index is 902. The highest BCUT2D eigenvalue weighted by Crippen LogP contribution is 2.21. The van der Waals surface area contributed by atoms with E-state index in [0.717, 1.165) is 42.9 Å². The minimum atomic E-state index is -0.608. The number of amides is 2. The fourth-order valence-electron chi connectivity index (χ4n) is 3.01. The smallest absolute Gasteiger partial charge is 0.270 e. The summed E-state index contributed by atoms with van der Waals surface area (Å²) in [6, 6.07) is 5.32. The van der Waals surface area contributed by atoms with Crippen LogP contribution in [0.25, 0.3) is 0 Å². The van der Waals surface area contributed by atoms with Crippen LogP contribution in [-0.2, 0) is 4.79 Å². The van der Waals surface area contributed by atoms with Crippen LogP contribution >= 0.6 is 11.3 Å². The molecule has 29 heavy (non-hydrogen) atoms. The highest BCUT2D eigenvalue weighted by molar-refractivity contribution is 7.13. The molecule has 1 aliphatic heterocycles. The summed E-state index contributed by atoms with van der Waals surface area (Å²) in [5.74, 6) is -0.953. The molecule has 2 aromatic rings. The van der Waals surface area contributed by atoms with E-state index in [2.05, 4.69) is 20.7 Å². The number of hydrogen-bond donors (Lipinski definition) is 2. The number of non-ortho nitro benzene ring substituents is 1. The minimum absolute atomic E-state index is 0.101. The fourth-order valence-corrected chi connectivity index (χ4v) is 3.87. The van der Waals surface area contributed by atoms with Crippen LogP contribution in [0.15, 0.2) is 29.6 Å². The van der Waals surface area contributed by atoms with Crippen LogP contribution in [0.3, 0.4) is 0 Å². The first-order valence-electron chi connectivity index (χ1n) is 9.15. The molecule has 0 unspecified atom stereocenters. The van der Waals surface area contributed by atoms with Crippen molar-refractivity contribution < 1.29 is 14.5 Å².